The van der Waals surface area contributed by atoms with Gasteiger partial charge in [-0.2, -0.15) is 0 Å². The Labute approximate surface area is 139 Å². The summed E-state index contributed by atoms with van der Waals surface area (Å²) in [7, 11) is 0. The van der Waals surface area contributed by atoms with Crippen LogP contribution in [0.1, 0.15) is 92.9 Å². The SMILES string of the molecule is CC.CC(C)CCCCNC(=O)CCCCCCOC(C)C. The molecule has 0 atom stereocenters. The number of rotatable bonds is 13. The zero-order valence-corrected chi connectivity index (χ0v) is 16.0. The van der Waals surface area contributed by atoms with Crippen LogP contribution in [-0.4, -0.2) is 25.2 Å². The molecule has 0 fully saturated rings. The lowest BCUT2D eigenvalue weighted by atomic mass is 10.1. The van der Waals surface area contributed by atoms with E-state index in [-0.39, 0.29) is 5.91 Å². The first-order valence-electron chi connectivity index (χ1n) is 9.40. The van der Waals surface area contributed by atoms with Gasteiger partial charge in [-0.05, 0) is 39.0 Å². The molecule has 0 heterocycles. The van der Waals surface area contributed by atoms with Gasteiger partial charge < -0.3 is 10.1 Å². The summed E-state index contributed by atoms with van der Waals surface area (Å²) in [5.41, 5.74) is 0. The Bertz CT molecular complexity index is 227. The first-order chi connectivity index (χ1) is 10.5. The van der Waals surface area contributed by atoms with E-state index in [0.29, 0.717) is 12.5 Å². The second-order valence-corrected chi connectivity index (χ2v) is 6.32. The van der Waals surface area contributed by atoms with Crippen LogP contribution < -0.4 is 5.32 Å². The van der Waals surface area contributed by atoms with Crippen LogP contribution in [0, 0.1) is 5.92 Å². The van der Waals surface area contributed by atoms with E-state index in [9.17, 15) is 4.79 Å². The average Bonchev–Trinajstić information content (AvgIpc) is 2.47. The normalized spacial score (nSPS) is 10.5. The Hall–Kier alpha value is -0.570. The van der Waals surface area contributed by atoms with Crippen molar-refractivity contribution in [3.63, 3.8) is 0 Å². The van der Waals surface area contributed by atoms with E-state index in [1.54, 1.807) is 0 Å². The van der Waals surface area contributed by atoms with E-state index in [2.05, 4.69) is 33.0 Å². The first kappa shape index (κ1) is 23.7. The molecule has 0 radical (unpaired) electrons. The third-order valence-electron chi connectivity index (χ3n) is 3.28. The summed E-state index contributed by atoms with van der Waals surface area (Å²) in [4.78, 5) is 11.6. The molecule has 0 saturated heterocycles. The Morgan fingerprint density at radius 2 is 1.55 bits per heavy atom. The molecule has 1 amide bonds. The number of nitrogens with one attached hydrogen (secondary N) is 1. The summed E-state index contributed by atoms with van der Waals surface area (Å²) in [5, 5.41) is 3.01. The lowest BCUT2D eigenvalue weighted by Crippen LogP contribution is -2.24. The minimum Gasteiger partial charge on any atom is -0.379 e. The lowest BCUT2D eigenvalue weighted by Gasteiger charge is -2.07. The Balaban J connectivity index is 0. The number of ether oxygens (including phenoxy) is 1. The van der Waals surface area contributed by atoms with E-state index >= 15 is 0 Å². The Morgan fingerprint density at radius 3 is 2.14 bits per heavy atom. The van der Waals surface area contributed by atoms with Gasteiger partial charge in [0.1, 0.15) is 0 Å². The van der Waals surface area contributed by atoms with Crippen LogP contribution in [0.5, 0.6) is 0 Å². The highest BCUT2D eigenvalue weighted by molar-refractivity contribution is 5.75. The molecular formula is C19H41NO2. The summed E-state index contributed by atoms with van der Waals surface area (Å²) in [6, 6.07) is 0. The molecule has 1 N–H and O–H groups in total. The van der Waals surface area contributed by atoms with Crippen LogP contribution in [0.3, 0.4) is 0 Å². The predicted octanol–water partition coefficient (Wildman–Crippen LogP) is 5.33. The third kappa shape index (κ3) is 21.7. The number of amides is 1. The van der Waals surface area contributed by atoms with E-state index in [1.807, 2.05) is 13.8 Å². The molecule has 22 heavy (non-hydrogen) atoms. The standard InChI is InChI=1S/C17H35NO2.C2H6/c1-15(2)11-8-9-13-18-17(19)12-7-5-6-10-14-20-16(3)4;1-2/h15-16H,5-14H2,1-4H3,(H,18,19);1-2H3. The molecule has 0 aliphatic carbocycles. The van der Waals surface area contributed by atoms with Crippen molar-refractivity contribution in [3.05, 3.63) is 0 Å². The summed E-state index contributed by atoms with van der Waals surface area (Å²) in [6.45, 7) is 14.3. The fourth-order valence-corrected chi connectivity index (χ4v) is 2.05. The fraction of sp³-hybridized carbons (Fsp3) is 0.947. The van der Waals surface area contributed by atoms with Gasteiger partial charge in [0.25, 0.3) is 0 Å². The molecule has 0 aliphatic heterocycles. The van der Waals surface area contributed by atoms with Gasteiger partial charge >= 0.3 is 0 Å². The molecule has 0 unspecified atom stereocenters. The molecular weight excluding hydrogens is 274 g/mol. The molecule has 0 aromatic heterocycles. The highest BCUT2D eigenvalue weighted by Gasteiger charge is 2.01. The number of unbranched alkanes of at least 4 members (excludes halogenated alkanes) is 4. The number of carbonyl (C=O) groups excluding carboxylic acids is 1. The molecule has 0 aromatic carbocycles. The molecule has 0 aromatic rings. The minimum atomic E-state index is 0.216. The molecule has 0 spiro atoms. The molecule has 3 heteroatoms. The van der Waals surface area contributed by atoms with Crippen LogP contribution >= 0.6 is 0 Å². The maximum absolute atomic E-state index is 11.6. The molecule has 0 rings (SSSR count). The van der Waals surface area contributed by atoms with Crippen molar-refractivity contribution in [1.29, 1.82) is 0 Å². The molecule has 134 valence electrons. The summed E-state index contributed by atoms with van der Waals surface area (Å²) >= 11 is 0. The minimum absolute atomic E-state index is 0.216. The zero-order valence-electron chi connectivity index (χ0n) is 16.0. The van der Waals surface area contributed by atoms with Gasteiger partial charge in [-0.15, -0.1) is 0 Å². The van der Waals surface area contributed by atoms with Gasteiger partial charge in [-0.3, -0.25) is 4.79 Å². The van der Waals surface area contributed by atoms with Gasteiger partial charge in [-0.1, -0.05) is 53.4 Å². The second kappa shape index (κ2) is 18.5. The zero-order chi connectivity index (χ0) is 17.2. The Morgan fingerprint density at radius 1 is 0.909 bits per heavy atom. The van der Waals surface area contributed by atoms with Crippen LogP contribution in [0.4, 0.5) is 0 Å². The highest BCUT2D eigenvalue weighted by Crippen LogP contribution is 2.06. The van der Waals surface area contributed by atoms with Gasteiger partial charge in [0.15, 0.2) is 0 Å². The van der Waals surface area contributed by atoms with Crippen molar-refractivity contribution in [2.24, 2.45) is 5.92 Å². The van der Waals surface area contributed by atoms with Crippen LogP contribution in [-0.2, 0) is 9.53 Å². The molecule has 3 nitrogen and oxygen atoms in total. The van der Waals surface area contributed by atoms with Crippen LogP contribution in [0.2, 0.25) is 0 Å². The Kier molecular flexibility index (Phi) is 19.9. The van der Waals surface area contributed by atoms with E-state index < -0.39 is 0 Å². The van der Waals surface area contributed by atoms with Gasteiger partial charge in [0.2, 0.25) is 5.91 Å². The van der Waals surface area contributed by atoms with Crippen molar-refractivity contribution in [2.75, 3.05) is 13.2 Å². The van der Waals surface area contributed by atoms with Gasteiger partial charge in [0, 0.05) is 19.6 Å². The number of hydrogen-bond donors (Lipinski definition) is 1. The van der Waals surface area contributed by atoms with E-state index in [1.165, 1.54) is 12.8 Å². The highest BCUT2D eigenvalue weighted by atomic mass is 16.5. The van der Waals surface area contributed by atoms with E-state index in [0.717, 1.165) is 51.2 Å². The summed E-state index contributed by atoms with van der Waals surface area (Å²) < 4.78 is 5.48. The molecule has 0 saturated carbocycles. The molecule has 0 bridgehead atoms. The maximum Gasteiger partial charge on any atom is 0.219 e. The van der Waals surface area contributed by atoms with Gasteiger partial charge in [-0.25, -0.2) is 0 Å². The van der Waals surface area contributed by atoms with Crippen molar-refractivity contribution < 1.29 is 9.53 Å². The summed E-state index contributed by atoms with van der Waals surface area (Å²) in [5.74, 6) is 0.985. The fourth-order valence-electron chi connectivity index (χ4n) is 2.05. The molecule has 0 aliphatic rings. The quantitative estimate of drug-likeness (QED) is 0.466. The first-order valence-corrected chi connectivity index (χ1v) is 9.40. The monoisotopic (exact) mass is 315 g/mol. The van der Waals surface area contributed by atoms with Crippen LogP contribution in [0.15, 0.2) is 0 Å². The topological polar surface area (TPSA) is 38.3 Å². The van der Waals surface area contributed by atoms with Crippen molar-refractivity contribution in [2.45, 2.75) is 99.0 Å². The maximum atomic E-state index is 11.6. The van der Waals surface area contributed by atoms with Crippen LogP contribution in [0.25, 0.3) is 0 Å². The third-order valence-corrected chi connectivity index (χ3v) is 3.28. The number of hydrogen-bond acceptors (Lipinski definition) is 2. The average molecular weight is 316 g/mol. The largest absolute Gasteiger partial charge is 0.379 e. The predicted molar refractivity (Wildman–Crippen MR) is 97.2 cm³/mol. The lowest BCUT2D eigenvalue weighted by molar-refractivity contribution is -0.121. The summed E-state index contributed by atoms with van der Waals surface area (Å²) in [6.07, 6.45) is 8.98. The second-order valence-electron chi connectivity index (χ2n) is 6.32. The van der Waals surface area contributed by atoms with Crippen molar-refractivity contribution in [3.8, 4) is 0 Å². The number of carbonyl (C=O) groups is 1. The van der Waals surface area contributed by atoms with Crippen molar-refractivity contribution >= 4 is 5.91 Å². The van der Waals surface area contributed by atoms with Crippen molar-refractivity contribution in [1.82, 2.24) is 5.32 Å². The van der Waals surface area contributed by atoms with E-state index in [4.69, 9.17) is 4.74 Å². The smallest absolute Gasteiger partial charge is 0.219 e. The van der Waals surface area contributed by atoms with Gasteiger partial charge in [0.05, 0.1) is 6.10 Å².